The number of non-ortho nitro benzene ring substituents is 1. The number of esters is 2. The lowest BCUT2D eigenvalue weighted by Gasteiger charge is -2.51. The molecule has 14 heteroatoms. The van der Waals surface area contributed by atoms with Crippen LogP contribution in [0.4, 0.5) is 5.69 Å². The number of imidazole rings is 1. The minimum absolute atomic E-state index is 0.0605. The molecule has 2 aliphatic heterocycles. The van der Waals surface area contributed by atoms with Gasteiger partial charge >= 0.3 is 11.9 Å². The van der Waals surface area contributed by atoms with Crippen LogP contribution < -0.4 is 0 Å². The molecule has 3 unspecified atom stereocenters. The number of nitrogens with zero attached hydrogens (tertiary/aromatic N) is 4. The molecule has 0 radical (unpaired) electrons. The summed E-state index contributed by atoms with van der Waals surface area (Å²) in [6, 6.07) is 13.4. The zero-order valence-corrected chi connectivity index (χ0v) is 23.2. The van der Waals surface area contributed by atoms with Crippen LogP contribution in [-0.4, -0.2) is 46.8 Å². The molecule has 1 saturated heterocycles. The van der Waals surface area contributed by atoms with Crippen LogP contribution in [0.2, 0.25) is 0 Å². The van der Waals surface area contributed by atoms with Crippen molar-refractivity contribution in [3.05, 3.63) is 87.2 Å². The van der Waals surface area contributed by atoms with E-state index in [1.54, 1.807) is 6.20 Å². The second-order valence-electron chi connectivity index (χ2n) is 8.81. The van der Waals surface area contributed by atoms with Gasteiger partial charge in [0.2, 0.25) is 0 Å². The van der Waals surface area contributed by atoms with Crippen molar-refractivity contribution < 1.29 is 28.8 Å². The lowest BCUT2D eigenvalue weighted by atomic mass is 9.89. The van der Waals surface area contributed by atoms with Gasteiger partial charge in [-0.05, 0) is 29.8 Å². The predicted octanol–water partition coefficient (Wildman–Crippen LogP) is 4.70. The van der Waals surface area contributed by atoms with E-state index < -0.39 is 38.6 Å². The number of fused-ring (bicyclic) bond motifs is 4. The molecular weight excluding hydrogens is 612 g/mol. The number of para-hydroxylation sites is 1. The van der Waals surface area contributed by atoms with E-state index in [1.807, 2.05) is 28.7 Å². The minimum atomic E-state index is -1.36. The Bertz CT molecular complexity index is 1720. The number of nitro benzene ring substituents is 1. The van der Waals surface area contributed by atoms with Crippen LogP contribution in [-0.2, 0) is 30.5 Å². The molecule has 0 spiro atoms. The van der Waals surface area contributed by atoms with E-state index in [9.17, 15) is 24.5 Å². The first-order chi connectivity index (χ1) is 18.7. The van der Waals surface area contributed by atoms with Crippen molar-refractivity contribution in [1.29, 1.82) is 0 Å². The van der Waals surface area contributed by atoms with Gasteiger partial charge in [0, 0.05) is 30.7 Å². The molecule has 0 bridgehead atoms. The Labute approximate surface area is 236 Å². The van der Waals surface area contributed by atoms with Crippen LogP contribution in [0.5, 0.6) is 0 Å². The third-order valence-electron chi connectivity index (χ3n) is 6.39. The standard InChI is InChI=1S/C25H17BrN4O7S2/c1-13(31)37-20(16-10-28-17-4-2-3-5-19(17)39-24(28)27-16)25(26)22(33)29-18(12-38-23(25)29)21(32)36-11-14-6-8-15(9-7-14)30(34)35/h2-10,12,20,23H,11H2,1H3. The highest BCUT2D eigenvalue weighted by Gasteiger charge is 2.69. The maximum atomic E-state index is 13.5. The fourth-order valence-electron chi connectivity index (χ4n) is 4.54. The predicted molar refractivity (Wildman–Crippen MR) is 146 cm³/mol. The number of β-lactam (4-membered cyclic amide) rings is 1. The van der Waals surface area contributed by atoms with Crippen LogP contribution in [0.3, 0.4) is 0 Å². The van der Waals surface area contributed by atoms with Gasteiger partial charge in [-0.15, -0.1) is 11.8 Å². The molecule has 4 aromatic rings. The van der Waals surface area contributed by atoms with E-state index in [2.05, 4.69) is 20.9 Å². The summed E-state index contributed by atoms with van der Waals surface area (Å²) in [6.07, 6.45) is 0.707. The van der Waals surface area contributed by atoms with Crippen LogP contribution in [0.15, 0.2) is 65.8 Å². The number of halogens is 1. The van der Waals surface area contributed by atoms with Crippen LogP contribution in [0.1, 0.15) is 24.3 Å². The SMILES string of the molecule is CC(=O)OC(c1cn2c(n1)sc1ccccc12)C1(Br)C(=O)N2C(C(=O)OCc3ccc([N+](=O)[O-])cc3)=CSC21. The van der Waals surface area contributed by atoms with Crippen LogP contribution >= 0.6 is 39.0 Å². The fraction of sp³-hybridized carbons (Fsp3) is 0.200. The van der Waals surface area contributed by atoms with Gasteiger partial charge in [-0.25, -0.2) is 9.78 Å². The third-order valence-corrected chi connectivity index (χ3v) is 10.1. The number of thiazole rings is 1. The Hall–Kier alpha value is -3.75. The summed E-state index contributed by atoms with van der Waals surface area (Å²) >= 11 is 6.26. The molecule has 39 heavy (non-hydrogen) atoms. The van der Waals surface area contributed by atoms with Crippen molar-refractivity contribution in [1.82, 2.24) is 14.3 Å². The summed E-state index contributed by atoms with van der Waals surface area (Å²) in [4.78, 5) is 55.5. The average molecular weight is 629 g/mol. The Morgan fingerprint density at radius 2 is 1.97 bits per heavy atom. The molecule has 1 fully saturated rings. The first-order valence-corrected chi connectivity index (χ1v) is 14.1. The normalized spacial score (nSPS) is 20.9. The van der Waals surface area contributed by atoms with Gasteiger partial charge in [-0.2, -0.15) is 0 Å². The molecule has 0 N–H and O–H groups in total. The maximum Gasteiger partial charge on any atom is 0.355 e. The van der Waals surface area contributed by atoms with Crippen LogP contribution in [0, 0.1) is 10.1 Å². The second kappa shape index (κ2) is 9.47. The summed E-state index contributed by atoms with van der Waals surface area (Å²) in [7, 11) is 0. The van der Waals surface area contributed by atoms with Gasteiger partial charge in [0.1, 0.15) is 23.4 Å². The van der Waals surface area contributed by atoms with Gasteiger partial charge in [0.15, 0.2) is 15.4 Å². The number of aromatic nitrogens is 2. The summed E-state index contributed by atoms with van der Waals surface area (Å²) in [5.41, 5.74) is 1.89. The molecule has 3 atom stereocenters. The van der Waals surface area contributed by atoms with E-state index in [0.717, 1.165) is 10.2 Å². The number of carbonyl (C=O) groups is 3. The highest BCUT2D eigenvalue weighted by molar-refractivity contribution is 9.10. The van der Waals surface area contributed by atoms with Crippen molar-refractivity contribution in [3.63, 3.8) is 0 Å². The number of amides is 1. The van der Waals surface area contributed by atoms with Crippen molar-refractivity contribution in [2.75, 3.05) is 0 Å². The number of nitro groups is 1. The van der Waals surface area contributed by atoms with Crippen molar-refractivity contribution in [2.45, 2.75) is 29.3 Å². The molecule has 2 aliphatic rings. The number of hydrogen-bond donors (Lipinski definition) is 0. The number of thioether (sulfide) groups is 1. The largest absolute Gasteiger partial charge is 0.456 e. The highest BCUT2D eigenvalue weighted by Crippen LogP contribution is 2.58. The molecule has 11 nitrogen and oxygen atoms in total. The first kappa shape index (κ1) is 25.5. The van der Waals surface area contributed by atoms with Gasteiger partial charge < -0.3 is 9.47 Å². The number of ether oxygens (including phenoxy) is 2. The molecule has 2 aromatic carbocycles. The van der Waals surface area contributed by atoms with E-state index in [4.69, 9.17) is 9.47 Å². The average Bonchev–Trinajstić information content (AvgIpc) is 3.62. The van der Waals surface area contributed by atoms with Gasteiger partial charge in [-0.1, -0.05) is 39.4 Å². The number of carbonyl (C=O) groups excluding carboxylic acids is 3. The summed E-state index contributed by atoms with van der Waals surface area (Å²) in [5.74, 6) is -1.77. The molecule has 1 amide bonds. The van der Waals surface area contributed by atoms with Crippen molar-refractivity contribution in [2.24, 2.45) is 0 Å². The molecule has 2 aromatic heterocycles. The van der Waals surface area contributed by atoms with E-state index in [1.165, 1.54) is 64.6 Å². The molecule has 198 valence electrons. The fourth-order valence-corrected chi connectivity index (χ4v) is 7.83. The van der Waals surface area contributed by atoms with Gasteiger partial charge in [-0.3, -0.25) is 29.0 Å². The zero-order valence-electron chi connectivity index (χ0n) is 20.0. The Morgan fingerprint density at radius 3 is 2.69 bits per heavy atom. The molecular formula is C25H17BrN4O7S2. The maximum absolute atomic E-state index is 13.5. The summed E-state index contributed by atoms with van der Waals surface area (Å²) < 4.78 is 12.6. The minimum Gasteiger partial charge on any atom is -0.456 e. The van der Waals surface area contributed by atoms with E-state index >= 15 is 0 Å². The monoisotopic (exact) mass is 628 g/mol. The van der Waals surface area contributed by atoms with Crippen LogP contribution in [0.25, 0.3) is 15.2 Å². The first-order valence-electron chi connectivity index (χ1n) is 11.5. The lowest BCUT2D eigenvalue weighted by molar-refractivity contribution is -0.384. The Balaban J connectivity index is 1.22. The van der Waals surface area contributed by atoms with Gasteiger partial charge in [0.05, 0.1) is 15.1 Å². The molecule has 4 heterocycles. The Kier molecular flexibility index (Phi) is 6.19. The van der Waals surface area contributed by atoms with Crippen molar-refractivity contribution >= 4 is 77.7 Å². The summed E-state index contributed by atoms with van der Waals surface area (Å²) in [5, 5.41) is 11.8. The molecule has 6 rings (SSSR count). The summed E-state index contributed by atoms with van der Waals surface area (Å²) in [6.45, 7) is 1.14. The quantitative estimate of drug-likeness (QED) is 0.0938. The number of rotatable bonds is 7. The number of alkyl halides is 1. The second-order valence-corrected chi connectivity index (χ2v) is 12.1. The van der Waals surface area contributed by atoms with E-state index in [-0.39, 0.29) is 18.0 Å². The lowest BCUT2D eigenvalue weighted by Crippen LogP contribution is -2.70. The Morgan fingerprint density at radius 1 is 1.23 bits per heavy atom. The van der Waals surface area contributed by atoms with E-state index in [0.29, 0.717) is 16.2 Å². The number of benzene rings is 2. The topological polar surface area (TPSA) is 133 Å². The number of hydrogen-bond acceptors (Lipinski definition) is 10. The van der Waals surface area contributed by atoms with Gasteiger partial charge in [0.25, 0.3) is 11.6 Å². The molecule has 0 saturated carbocycles. The smallest absolute Gasteiger partial charge is 0.355 e. The zero-order chi connectivity index (χ0) is 27.5. The molecule has 0 aliphatic carbocycles. The van der Waals surface area contributed by atoms with Crippen molar-refractivity contribution in [3.8, 4) is 0 Å². The highest BCUT2D eigenvalue weighted by atomic mass is 79.9. The third kappa shape index (κ3) is 4.10.